The quantitative estimate of drug-likeness (QED) is 0.174. The molecule has 0 spiro atoms. The molecule has 1 radical (unpaired) electrons. The summed E-state index contributed by atoms with van der Waals surface area (Å²) in [7, 11) is 0. The van der Waals surface area contributed by atoms with Crippen LogP contribution in [-0.4, -0.2) is 0 Å². The molecule has 0 heteroatoms. The van der Waals surface area contributed by atoms with Gasteiger partial charge in [-0.15, -0.1) is 0 Å². The molecule has 0 saturated carbocycles. The first-order valence-electron chi connectivity index (χ1n) is 12.9. The molecule has 0 nitrogen and oxygen atoms in total. The standard InChI is InChI=1S/C27H55/c1-5-6-7-8-9-10-11-12-13-14-15-16-17-18-19-20-21-22-23-24-25-26-27(2,3)4/h1,5-26H2,2-4H3. The maximum Gasteiger partial charge on any atom is -0.0383 e. The molecule has 27 heavy (non-hydrogen) atoms. The van der Waals surface area contributed by atoms with Crippen molar-refractivity contribution in [2.45, 2.75) is 162 Å². The van der Waals surface area contributed by atoms with Crippen molar-refractivity contribution in [3.63, 3.8) is 0 Å². The Labute approximate surface area is 174 Å². The van der Waals surface area contributed by atoms with E-state index < -0.39 is 0 Å². The molecule has 0 unspecified atom stereocenters. The average molecular weight is 380 g/mol. The van der Waals surface area contributed by atoms with Crippen molar-refractivity contribution in [2.24, 2.45) is 5.41 Å². The van der Waals surface area contributed by atoms with Gasteiger partial charge in [0.05, 0.1) is 0 Å². The van der Waals surface area contributed by atoms with Gasteiger partial charge in [0.2, 0.25) is 0 Å². The van der Waals surface area contributed by atoms with E-state index in [0.717, 1.165) is 6.42 Å². The minimum atomic E-state index is 0.534. The van der Waals surface area contributed by atoms with Crippen molar-refractivity contribution in [3.05, 3.63) is 6.92 Å². The van der Waals surface area contributed by atoms with Crippen LogP contribution >= 0.6 is 0 Å². The molecule has 0 aliphatic rings. The summed E-state index contributed by atoms with van der Waals surface area (Å²) in [5.74, 6) is 0. The highest BCUT2D eigenvalue weighted by molar-refractivity contribution is 4.61. The van der Waals surface area contributed by atoms with Crippen LogP contribution in [0.25, 0.3) is 0 Å². The van der Waals surface area contributed by atoms with Crippen LogP contribution in [0.1, 0.15) is 162 Å². The van der Waals surface area contributed by atoms with E-state index in [1.165, 1.54) is 135 Å². The second-order valence-corrected chi connectivity index (χ2v) is 10.2. The predicted octanol–water partition coefficient (Wildman–Crippen LogP) is 10.4. The zero-order valence-electron chi connectivity index (χ0n) is 19.8. The second-order valence-electron chi connectivity index (χ2n) is 10.2. The third-order valence-electron chi connectivity index (χ3n) is 5.93. The highest BCUT2D eigenvalue weighted by atomic mass is 14.1. The summed E-state index contributed by atoms with van der Waals surface area (Å²) in [5, 5.41) is 0. The summed E-state index contributed by atoms with van der Waals surface area (Å²) in [5.41, 5.74) is 0.534. The molecular weight excluding hydrogens is 324 g/mol. The lowest BCUT2D eigenvalue weighted by atomic mass is 9.89. The van der Waals surface area contributed by atoms with Crippen LogP contribution in [0.5, 0.6) is 0 Å². The zero-order valence-corrected chi connectivity index (χ0v) is 19.8. The molecule has 0 aromatic heterocycles. The first kappa shape index (κ1) is 27.0. The summed E-state index contributed by atoms with van der Waals surface area (Å²) in [6.45, 7) is 11.0. The molecule has 0 aliphatic carbocycles. The lowest BCUT2D eigenvalue weighted by molar-refractivity contribution is 0.356. The molecule has 0 aromatic carbocycles. The van der Waals surface area contributed by atoms with Gasteiger partial charge in [-0.05, 0) is 11.8 Å². The normalized spacial score (nSPS) is 12.0. The van der Waals surface area contributed by atoms with Gasteiger partial charge in [0.15, 0.2) is 0 Å². The van der Waals surface area contributed by atoms with Gasteiger partial charge in [-0.25, -0.2) is 0 Å². The Morgan fingerprint density at radius 3 is 0.815 bits per heavy atom. The highest BCUT2D eigenvalue weighted by Crippen LogP contribution is 2.22. The van der Waals surface area contributed by atoms with Crippen LogP contribution in [0, 0.1) is 12.3 Å². The summed E-state index contributed by atoms with van der Waals surface area (Å²) < 4.78 is 0. The van der Waals surface area contributed by atoms with Crippen molar-refractivity contribution < 1.29 is 0 Å². The largest absolute Gasteiger partial charge is 0.0602 e. The van der Waals surface area contributed by atoms with E-state index in [1.807, 2.05) is 0 Å². The van der Waals surface area contributed by atoms with E-state index in [1.54, 1.807) is 0 Å². The van der Waals surface area contributed by atoms with Crippen LogP contribution < -0.4 is 0 Å². The van der Waals surface area contributed by atoms with Gasteiger partial charge in [-0.3, -0.25) is 0 Å². The summed E-state index contributed by atoms with van der Waals surface area (Å²) in [6, 6.07) is 0. The smallest absolute Gasteiger partial charge is 0.0383 e. The Hall–Kier alpha value is 0. The number of hydrogen-bond donors (Lipinski definition) is 0. The molecule has 0 fully saturated rings. The Morgan fingerprint density at radius 2 is 0.593 bits per heavy atom. The Balaban J connectivity index is 3.01. The molecule has 0 N–H and O–H groups in total. The van der Waals surface area contributed by atoms with Crippen molar-refractivity contribution >= 4 is 0 Å². The highest BCUT2D eigenvalue weighted by Gasteiger charge is 2.08. The molecule has 0 heterocycles. The topological polar surface area (TPSA) is 0 Å². The predicted molar refractivity (Wildman–Crippen MR) is 126 cm³/mol. The number of rotatable bonds is 21. The SMILES string of the molecule is [CH2]CCCCCCCCCCCCCCCCCCCCCCC(C)(C)C. The molecular formula is C27H55. The van der Waals surface area contributed by atoms with Gasteiger partial charge in [0, 0.05) is 0 Å². The van der Waals surface area contributed by atoms with Crippen LogP contribution in [0.2, 0.25) is 0 Å². The van der Waals surface area contributed by atoms with E-state index in [-0.39, 0.29) is 0 Å². The van der Waals surface area contributed by atoms with Crippen LogP contribution in [0.4, 0.5) is 0 Å². The maximum atomic E-state index is 3.91. The fraction of sp³-hybridized carbons (Fsp3) is 0.963. The second kappa shape index (κ2) is 20.7. The fourth-order valence-corrected chi connectivity index (χ4v) is 4.01. The van der Waals surface area contributed by atoms with Crippen LogP contribution in [0.3, 0.4) is 0 Å². The Morgan fingerprint density at radius 1 is 0.370 bits per heavy atom. The Bertz CT molecular complexity index is 260. The van der Waals surface area contributed by atoms with E-state index in [9.17, 15) is 0 Å². The van der Waals surface area contributed by atoms with Gasteiger partial charge in [-0.1, -0.05) is 163 Å². The maximum absolute atomic E-state index is 3.91. The minimum Gasteiger partial charge on any atom is -0.0602 e. The lowest BCUT2D eigenvalue weighted by Gasteiger charge is -2.17. The monoisotopic (exact) mass is 379 g/mol. The third-order valence-corrected chi connectivity index (χ3v) is 5.93. The first-order valence-corrected chi connectivity index (χ1v) is 12.9. The lowest BCUT2D eigenvalue weighted by Crippen LogP contribution is -2.03. The minimum absolute atomic E-state index is 0.534. The van der Waals surface area contributed by atoms with Gasteiger partial charge < -0.3 is 0 Å². The van der Waals surface area contributed by atoms with Crippen molar-refractivity contribution in [1.82, 2.24) is 0 Å². The van der Waals surface area contributed by atoms with E-state index in [4.69, 9.17) is 0 Å². The van der Waals surface area contributed by atoms with Gasteiger partial charge >= 0.3 is 0 Å². The molecule has 0 aromatic rings. The summed E-state index contributed by atoms with van der Waals surface area (Å²) in [4.78, 5) is 0. The fourth-order valence-electron chi connectivity index (χ4n) is 4.01. The van der Waals surface area contributed by atoms with Gasteiger partial charge in [0.25, 0.3) is 0 Å². The van der Waals surface area contributed by atoms with Crippen LogP contribution in [0.15, 0.2) is 0 Å². The van der Waals surface area contributed by atoms with Gasteiger partial charge in [-0.2, -0.15) is 0 Å². The number of unbranched alkanes of at least 4 members (excludes halogenated alkanes) is 20. The van der Waals surface area contributed by atoms with Crippen molar-refractivity contribution in [3.8, 4) is 0 Å². The number of hydrogen-bond acceptors (Lipinski definition) is 0. The summed E-state index contributed by atoms with van der Waals surface area (Å²) in [6.07, 6.45) is 31.7. The average Bonchev–Trinajstić information content (AvgIpc) is 2.62. The molecule has 0 saturated heterocycles. The third kappa shape index (κ3) is 26.0. The molecule has 0 bridgehead atoms. The van der Waals surface area contributed by atoms with E-state index in [0.29, 0.717) is 5.41 Å². The molecule has 0 amide bonds. The molecule has 0 rings (SSSR count). The van der Waals surface area contributed by atoms with E-state index >= 15 is 0 Å². The summed E-state index contributed by atoms with van der Waals surface area (Å²) >= 11 is 0. The molecule has 0 aliphatic heterocycles. The van der Waals surface area contributed by atoms with Crippen LogP contribution in [-0.2, 0) is 0 Å². The molecule has 0 atom stereocenters. The molecule has 163 valence electrons. The van der Waals surface area contributed by atoms with E-state index in [2.05, 4.69) is 27.7 Å². The Kier molecular flexibility index (Phi) is 20.7. The van der Waals surface area contributed by atoms with Crippen molar-refractivity contribution in [1.29, 1.82) is 0 Å². The van der Waals surface area contributed by atoms with Gasteiger partial charge in [0.1, 0.15) is 0 Å². The zero-order chi connectivity index (χ0) is 20.1. The first-order chi connectivity index (χ1) is 13.1. The van der Waals surface area contributed by atoms with Crippen molar-refractivity contribution in [2.75, 3.05) is 0 Å².